The van der Waals surface area contributed by atoms with Gasteiger partial charge in [0, 0.05) is 12.6 Å². The first kappa shape index (κ1) is 13.2. The molecule has 1 aromatic rings. The molecule has 0 radical (unpaired) electrons. The summed E-state index contributed by atoms with van der Waals surface area (Å²) in [6.07, 6.45) is 6.29. The summed E-state index contributed by atoms with van der Waals surface area (Å²) in [4.78, 5) is 20.1. The molecule has 1 fully saturated rings. The van der Waals surface area contributed by atoms with Crippen LogP contribution in [0.25, 0.3) is 0 Å². The largest absolute Gasteiger partial charge is 0.329 e. The highest BCUT2D eigenvalue weighted by molar-refractivity contribution is 6.29. The number of hydrogen-bond acceptors (Lipinski definition) is 4. The standard InChI is InChI=1S/C12H17ClN4O/c13-9-6-10(16-8-15-9)17-11(18)12(7-14)4-2-1-3-5-12/h6,8H,1-5,7,14H2,(H,15,16,17,18). The average Bonchev–Trinajstić information content (AvgIpc) is 2.39. The van der Waals surface area contributed by atoms with Crippen molar-refractivity contribution >= 4 is 23.3 Å². The zero-order valence-electron chi connectivity index (χ0n) is 10.2. The normalized spacial score (nSPS) is 18.3. The topological polar surface area (TPSA) is 80.9 Å². The number of hydrogen-bond donors (Lipinski definition) is 2. The number of nitrogens with one attached hydrogen (secondary N) is 1. The number of rotatable bonds is 3. The van der Waals surface area contributed by atoms with E-state index in [4.69, 9.17) is 17.3 Å². The SMILES string of the molecule is NCC1(C(=O)Nc2cc(Cl)ncn2)CCCCC1. The lowest BCUT2D eigenvalue weighted by Crippen LogP contribution is -2.44. The Balaban J connectivity index is 2.10. The predicted molar refractivity (Wildman–Crippen MR) is 70.2 cm³/mol. The molecule has 2 rings (SSSR count). The molecule has 18 heavy (non-hydrogen) atoms. The molecule has 3 N–H and O–H groups in total. The monoisotopic (exact) mass is 268 g/mol. The third-order valence-corrected chi connectivity index (χ3v) is 3.77. The molecule has 6 heteroatoms. The highest BCUT2D eigenvalue weighted by atomic mass is 35.5. The highest BCUT2D eigenvalue weighted by Crippen LogP contribution is 2.36. The molecule has 0 aromatic carbocycles. The minimum atomic E-state index is -0.449. The zero-order chi connectivity index (χ0) is 13.0. The van der Waals surface area contributed by atoms with Crippen molar-refractivity contribution in [1.29, 1.82) is 0 Å². The summed E-state index contributed by atoms with van der Waals surface area (Å²) in [5.74, 6) is 0.373. The van der Waals surface area contributed by atoms with Crippen molar-refractivity contribution in [3.8, 4) is 0 Å². The number of nitrogens with two attached hydrogens (primary N) is 1. The van der Waals surface area contributed by atoms with Gasteiger partial charge in [-0.25, -0.2) is 9.97 Å². The predicted octanol–water partition coefficient (Wildman–Crippen LogP) is 1.98. The second-order valence-corrected chi connectivity index (χ2v) is 5.11. The summed E-state index contributed by atoms with van der Waals surface area (Å²) < 4.78 is 0. The van der Waals surface area contributed by atoms with E-state index in [1.54, 1.807) is 0 Å². The Kier molecular flexibility index (Phi) is 4.14. The molecule has 0 spiro atoms. The van der Waals surface area contributed by atoms with Crippen LogP contribution < -0.4 is 11.1 Å². The molecular weight excluding hydrogens is 252 g/mol. The molecule has 1 amide bonds. The molecule has 1 saturated carbocycles. The zero-order valence-corrected chi connectivity index (χ0v) is 10.9. The molecule has 0 aliphatic heterocycles. The fourth-order valence-electron chi connectivity index (χ4n) is 2.40. The lowest BCUT2D eigenvalue weighted by Gasteiger charge is -2.34. The minimum Gasteiger partial charge on any atom is -0.329 e. The van der Waals surface area contributed by atoms with Crippen molar-refractivity contribution in [3.05, 3.63) is 17.5 Å². The van der Waals surface area contributed by atoms with E-state index in [1.165, 1.54) is 18.8 Å². The summed E-state index contributed by atoms with van der Waals surface area (Å²) in [6.45, 7) is 0.373. The van der Waals surface area contributed by atoms with Crippen LogP contribution in [0.1, 0.15) is 32.1 Å². The third kappa shape index (κ3) is 2.79. The van der Waals surface area contributed by atoms with Crippen LogP contribution in [-0.4, -0.2) is 22.4 Å². The third-order valence-electron chi connectivity index (χ3n) is 3.56. The van der Waals surface area contributed by atoms with Crippen molar-refractivity contribution in [2.24, 2.45) is 11.1 Å². The van der Waals surface area contributed by atoms with Crippen LogP contribution in [0.15, 0.2) is 12.4 Å². The summed E-state index contributed by atoms with van der Waals surface area (Å²) in [7, 11) is 0. The maximum atomic E-state index is 12.3. The summed E-state index contributed by atoms with van der Waals surface area (Å²) in [6, 6.07) is 1.53. The van der Waals surface area contributed by atoms with Gasteiger partial charge >= 0.3 is 0 Å². The minimum absolute atomic E-state index is 0.0560. The Morgan fingerprint density at radius 3 is 2.72 bits per heavy atom. The summed E-state index contributed by atoms with van der Waals surface area (Å²) in [5.41, 5.74) is 5.35. The Morgan fingerprint density at radius 2 is 2.11 bits per heavy atom. The number of nitrogens with zero attached hydrogens (tertiary/aromatic N) is 2. The van der Waals surface area contributed by atoms with Gasteiger partial charge in [-0.1, -0.05) is 30.9 Å². The van der Waals surface area contributed by atoms with Crippen LogP contribution in [0.5, 0.6) is 0 Å². The molecule has 0 saturated heterocycles. The second-order valence-electron chi connectivity index (χ2n) is 4.73. The van der Waals surface area contributed by atoms with E-state index in [0.717, 1.165) is 25.7 Å². The maximum Gasteiger partial charge on any atom is 0.233 e. The molecule has 98 valence electrons. The number of anilines is 1. The fourth-order valence-corrected chi connectivity index (χ4v) is 2.55. The Morgan fingerprint density at radius 1 is 1.39 bits per heavy atom. The van der Waals surface area contributed by atoms with Gasteiger partial charge in [-0.15, -0.1) is 0 Å². The van der Waals surface area contributed by atoms with Crippen molar-refractivity contribution in [3.63, 3.8) is 0 Å². The molecule has 0 unspecified atom stereocenters. The first-order valence-corrected chi connectivity index (χ1v) is 6.53. The van der Waals surface area contributed by atoms with E-state index in [2.05, 4.69) is 15.3 Å². The van der Waals surface area contributed by atoms with Gasteiger partial charge in [-0.3, -0.25) is 4.79 Å². The number of carbonyl (C=O) groups excluding carboxylic acids is 1. The van der Waals surface area contributed by atoms with Gasteiger partial charge in [0.15, 0.2) is 0 Å². The van der Waals surface area contributed by atoms with E-state index >= 15 is 0 Å². The molecular formula is C12H17ClN4O. The maximum absolute atomic E-state index is 12.3. The summed E-state index contributed by atoms with van der Waals surface area (Å²) in [5, 5.41) is 3.10. The lowest BCUT2D eigenvalue weighted by atomic mass is 9.73. The van der Waals surface area contributed by atoms with Gasteiger partial charge in [-0.2, -0.15) is 0 Å². The van der Waals surface area contributed by atoms with Gasteiger partial charge in [0.25, 0.3) is 0 Å². The fraction of sp³-hybridized carbons (Fsp3) is 0.583. The van der Waals surface area contributed by atoms with Crippen molar-refractivity contribution < 1.29 is 4.79 Å². The van der Waals surface area contributed by atoms with Crippen LogP contribution in [0.4, 0.5) is 5.82 Å². The van der Waals surface area contributed by atoms with E-state index in [-0.39, 0.29) is 5.91 Å². The quantitative estimate of drug-likeness (QED) is 0.822. The van der Waals surface area contributed by atoms with Crippen molar-refractivity contribution in [1.82, 2.24) is 9.97 Å². The molecule has 1 heterocycles. The molecule has 0 atom stereocenters. The first-order valence-electron chi connectivity index (χ1n) is 6.15. The number of aromatic nitrogens is 2. The van der Waals surface area contributed by atoms with Crippen molar-refractivity contribution in [2.45, 2.75) is 32.1 Å². The van der Waals surface area contributed by atoms with E-state index in [9.17, 15) is 4.79 Å². The Hall–Kier alpha value is -1.20. The van der Waals surface area contributed by atoms with Gasteiger partial charge in [0.2, 0.25) is 5.91 Å². The van der Waals surface area contributed by atoms with Gasteiger partial charge in [0.05, 0.1) is 5.41 Å². The van der Waals surface area contributed by atoms with E-state index in [1.807, 2.05) is 0 Å². The van der Waals surface area contributed by atoms with Crippen molar-refractivity contribution in [2.75, 3.05) is 11.9 Å². The lowest BCUT2D eigenvalue weighted by molar-refractivity contribution is -0.126. The molecule has 1 aromatic heterocycles. The molecule has 5 nitrogen and oxygen atoms in total. The number of carbonyl (C=O) groups is 1. The van der Waals surface area contributed by atoms with E-state index < -0.39 is 5.41 Å². The molecule has 0 bridgehead atoms. The number of halogens is 1. The summed E-state index contributed by atoms with van der Waals surface area (Å²) >= 11 is 5.76. The smallest absolute Gasteiger partial charge is 0.233 e. The van der Waals surface area contributed by atoms with Crippen LogP contribution in [0.2, 0.25) is 5.15 Å². The average molecular weight is 269 g/mol. The van der Waals surface area contributed by atoms with Crippen LogP contribution in [0, 0.1) is 5.41 Å². The Bertz CT molecular complexity index is 432. The molecule has 1 aliphatic carbocycles. The van der Waals surface area contributed by atoms with Gasteiger partial charge < -0.3 is 11.1 Å². The van der Waals surface area contributed by atoms with Crippen LogP contribution in [0.3, 0.4) is 0 Å². The van der Waals surface area contributed by atoms with Crippen LogP contribution in [-0.2, 0) is 4.79 Å². The number of amides is 1. The van der Waals surface area contributed by atoms with Gasteiger partial charge in [-0.05, 0) is 12.8 Å². The highest BCUT2D eigenvalue weighted by Gasteiger charge is 2.38. The van der Waals surface area contributed by atoms with Crippen LogP contribution >= 0.6 is 11.6 Å². The first-order chi connectivity index (χ1) is 8.66. The molecule has 1 aliphatic rings. The second kappa shape index (κ2) is 5.63. The van der Waals surface area contributed by atoms with Gasteiger partial charge in [0.1, 0.15) is 17.3 Å². The Labute approximate surface area is 111 Å². The van der Waals surface area contributed by atoms with E-state index in [0.29, 0.717) is 17.5 Å².